The standard InChI is InChI=1S/C31H41ClN2O5.ClH/c1-6-7-8-25(30(35)23-9-11-24-22(19-23)10-12-26(36-2)29(24)32)34-15-13-33(14-16-34)20-21-17-27(37-3)31(39-5)28(18-21)38-4;/h9-12,17-19,25,30,35H,6-8,13-16,20H2,1-5H3;1H. The summed E-state index contributed by atoms with van der Waals surface area (Å²) in [5, 5.41) is 14.1. The fourth-order valence-corrected chi connectivity index (χ4v) is 5.86. The monoisotopic (exact) mass is 592 g/mol. The van der Waals surface area contributed by atoms with Gasteiger partial charge in [-0.3, -0.25) is 9.80 Å². The second kappa shape index (κ2) is 15.0. The van der Waals surface area contributed by atoms with Crippen LogP contribution in [0.15, 0.2) is 42.5 Å². The van der Waals surface area contributed by atoms with Crippen LogP contribution in [0.5, 0.6) is 23.0 Å². The number of ether oxygens (including phenoxy) is 4. The van der Waals surface area contributed by atoms with E-state index < -0.39 is 6.10 Å². The number of methoxy groups -OCH3 is 4. The number of nitrogens with zero attached hydrogens (tertiary/aromatic N) is 2. The van der Waals surface area contributed by atoms with E-state index in [1.807, 2.05) is 36.4 Å². The van der Waals surface area contributed by atoms with Gasteiger partial charge in [-0.05, 0) is 47.2 Å². The Balaban J connectivity index is 0.00000441. The molecule has 0 amide bonds. The first kappa shape index (κ1) is 32.1. The van der Waals surface area contributed by atoms with Crippen molar-refractivity contribution < 1.29 is 24.1 Å². The highest BCUT2D eigenvalue weighted by atomic mass is 35.5. The van der Waals surface area contributed by atoms with Gasteiger partial charge in [-0.25, -0.2) is 0 Å². The van der Waals surface area contributed by atoms with Crippen molar-refractivity contribution in [3.8, 4) is 23.0 Å². The lowest BCUT2D eigenvalue weighted by molar-refractivity contribution is 0.0112. The van der Waals surface area contributed by atoms with Crippen molar-refractivity contribution in [1.82, 2.24) is 9.80 Å². The largest absolute Gasteiger partial charge is 0.495 e. The molecule has 4 rings (SSSR count). The van der Waals surface area contributed by atoms with Gasteiger partial charge in [0.15, 0.2) is 11.5 Å². The SMILES string of the molecule is CCCCC(C(O)c1ccc2c(Cl)c(OC)ccc2c1)N1CCN(Cc2cc(OC)c(OC)c(OC)c2)CC1.Cl. The van der Waals surface area contributed by atoms with Crippen LogP contribution >= 0.6 is 24.0 Å². The Hall–Kier alpha value is -2.42. The van der Waals surface area contributed by atoms with Crippen molar-refractivity contribution in [1.29, 1.82) is 0 Å². The average molecular weight is 594 g/mol. The molecular weight excluding hydrogens is 551 g/mol. The molecule has 0 bridgehead atoms. The predicted molar refractivity (Wildman–Crippen MR) is 164 cm³/mol. The maximum Gasteiger partial charge on any atom is 0.203 e. The third-order valence-electron chi connectivity index (χ3n) is 7.73. The fourth-order valence-electron chi connectivity index (χ4n) is 5.55. The lowest BCUT2D eigenvalue weighted by atomic mass is 9.94. The molecule has 0 radical (unpaired) electrons. The molecule has 1 aliphatic heterocycles. The molecule has 1 N–H and O–H groups in total. The Morgan fingerprint density at radius 3 is 2.08 bits per heavy atom. The van der Waals surface area contributed by atoms with E-state index in [1.165, 1.54) is 0 Å². The number of unbranched alkanes of at least 4 members (excludes halogenated alkanes) is 1. The molecule has 40 heavy (non-hydrogen) atoms. The molecule has 7 nitrogen and oxygen atoms in total. The molecule has 220 valence electrons. The zero-order valence-corrected chi connectivity index (χ0v) is 25.7. The van der Waals surface area contributed by atoms with Crippen molar-refractivity contribution in [2.75, 3.05) is 54.6 Å². The van der Waals surface area contributed by atoms with E-state index in [1.54, 1.807) is 28.4 Å². The summed E-state index contributed by atoms with van der Waals surface area (Å²) in [6, 6.07) is 14.0. The summed E-state index contributed by atoms with van der Waals surface area (Å²) in [6.45, 7) is 6.61. The van der Waals surface area contributed by atoms with Crippen LogP contribution in [0.3, 0.4) is 0 Å². The molecule has 1 aliphatic rings. The van der Waals surface area contributed by atoms with Crippen molar-refractivity contribution >= 4 is 34.8 Å². The lowest BCUT2D eigenvalue weighted by Crippen LogP contribution is -2.51. The molecule has 3 aromatic rings. The van der Waals surface area contributed by atoms with Gasteiger partial charge in [0.25, 0.3) is 0 Å². The summed E-state index contributed by atoms with van der Waals surface area (Å²) < 4.78 is 21.9. The van der Waals surface area contributed by atoms with Gasteiger partial charge in [0.1, 0.15) is 5.75 Å². The first-order valence-corrected chi connectivity index (χ1v) is 14.0. The summed E-state index contributed by atoms with van der Waals surface area (Å²) >= 11 is 6.53. The predicted octanol–water partition coefficient (Wildman–Crippen LogP) is 6.36. The third kappa shape index (κ3) is 7.07. The topological polar surface area (TPSA) is 63.6 Å². The van der Waals surface area contributed by atoms with E-state index in [4.69, 9.17) is 30.5 Å². The van der Waals surface area contributed by atoms with E-state index >= 15 is 0 Å². The number of benzene rings is 3. The van der Waals surface area contributed by atoms with E-state index in [9.17, 15) is 5.11 Å². The van der Waals surface area contributed by atoms with E-state index in [2.05, 4.69) is 22.8 Å². The third-order valence-corrected chi connectivity index (χ3v) is 8.12. The van der Waals surface area contributed by atoms with Crippen LogP contribution in [0.2, 0.25) is 5.02 Å². The van der Waals surface area contributed by atoms with E-state index in [0.29, 0.717) is 28.0 Å². The molecule has 2 unspecified atom stereocenters. The summed E-state index contributed by atoms with van der Waals surface area (Å²) in [5.41, 5.74) is 2.04. The number of piperazine rings is 1. The zero-order valence-electron chi connectivity index (χ0n) is 24.1. The van der Waals surface area contributed by atoms with Crippen LogP contribution in [0.4, 0.5) is 0 Å². The first-order chi connectivity index (χ1) is 18.9. The van der Waals surface area contributed by atoms with Crippen molar-refractivity contribution in [2.45, 2.75) is 44.9 Å². The van der Waals surface area contributed by atoms with Crippen LogP contribution < -0.4 is 18.9 Å². The number of aliphatic hydroxyl groups is 1. The maximum absolute atomic E-state index is 11.6. The van der Waals surface area contributed by atoms with Crippen molar-refractivity contribution in [3.63, 3.8) is 0 Å². The Labute approximate surface area is 249 Å². The normalized spacial score (nSPS) is 15.8. The van der Waals surface area contributed by atoms with Gasteiger partial charge in [-0.1, -0.05) is 49.6 Å². The highest BCUT2D eigenvalue weighted by molar-refractivity contribution is 6.37. The van der Waals surface area contributed by atoms with Crippen LogP contribution in [-0.4, -0.2) is 75.6 Å². The summed E-state index contributed by atoms with van der Waals surface area (Å²) in [7, 11) is 6.52. The van der Waals surface area contributed by atoms with Gasteiger partial charge in [0, 0.05) is 44.2 Å². The molecule has 1 heterocycles. The fraction of sp³-hybridized carbons (Fsp3) is 0.484. The lowest BCUT2D eigenvalue weighted by Gasteiger charge is -2.41. The van der Waals surface area contributed by atoms with Crippen LogP contribution in [0.1, 0.15) is 43.4 Å². The van der Waals surface area contributed by atoms with Gasteiger partial charge in [0.2, 0.25) is 5.75 Å². The molecule has 0 saturated carbocycles. The van der Waals surface area contributed by atoms with Gasteiger partial charge in [-0.2, -0.15) is 0 Å². The second-order valence-corrected chi connectivity index (χ2v) is 10.4. The Bertz CT molecular complexity index is 1220. The molecule has 2 atom stereocenters. The van der Waals surface area contributed by atoms with Gasteiger partial charge in [0.05, 0.1) is 39.6 Å². The summed E-state index contributed by atoms with van der Waals surface area (Å²) in [6.07, 6.45) is 2.54. The molecule has 1 saturated heterocycles. The minimum atomic E-state index is -0.580. The van der Waals surface area contributed by atoms with E-state index in [-0.39, 0.29) is 18.4 Å². The Morgan fingerprint density at radius 2 is 1.50 bits per heavy atom. The average Bonchev–Trinajstić information content (AvgIpc) is 2.97. The molecular formula is C31H42Cl2N2O5. The van der Waals surface area contributed by atoms with Crippen molar-refractivity contribution in [2.24, 2.45) is 0 Å². The van der Waals surface area contributed by atoms with Crippen LogP contribution in [0, 0.1) is 0 Å². The van der Waals surface area contributed by atoms with Gasteiger partial charge >= 0.3 is 0 Å². The second-order valence-electron chi connectivity index (χ2n) is 10.1. The first-order valence-electron chi connectivity index (χ1n) is 13.6. The minimum absolute atomic E-state index is 0. The van der Waals surface area contributed by atoms with Crippen LogP contribution in [-0.2, 0) is 6.54 Å². The van der Waals surface area contributed by atoms with Crippen molar-refractivity contribution in [3.05, 3.63) is 58.6 Å². The van der Waals surface area contributed by atoms with Gasteiger partial charge < -0.3 is 24.1 Å². The smallest absolute Gasteiger partial charge is 0.203 e. The highest BCUT2D eigenvalue weighted by Gasteiger charge is 2.30. The number of aliphatic hydroxyl groups excluding tert-OH is 1. The zero-order chi connectivity index (χ0) is 27.9. The minimum Gasteiger partial charge on any atom is -0.495 e. The summed E-state index contributed by atoms with van der Waals surface area (Å²) in [4.78, 5) is 4.89. The molecule has 1 fully saturated rings. The molecule has 0 aromatic heterocycles. The number of fused-ring (bicyclic) bond motifs is 1. The Kier molecular flexibility index (Phi) is 12.0. The number of hydrogen-bond donors (Lipinski definition) is 1. The molecule has 0 spiro atoms. The number of rotatable bonds is 12. The molecule has 0 aliphatic carbocycles. The number of hydrogen-bond acceptors (Lipinski definition) is 7. The molecule has 9 heteroatoms. The molecule has 3 aromatic carbocycles. The highest BCUT2D eigenvalue weighted by Crippen LogP contribution is 2.39. The van der Waals surface area contributed by atoms with Crippen LogP contribution in [0.25, 0.3) is 10.8 Å². The van der Waals surface area contributed by atoms with E-state index in [0.717, 1.165) is 73.9 Å². The Morgan fingerprint density at radius 1 is 0.850 bits per heavy atom. The summed E-state index contributed by atoms with van der Waals surface area (Å²) in [5.74, 6) is 2.60. The quantitative estimate of drug-likeness (QED) is 0.262. The number of halogens is 2. The maximum atomic E-state index is 11.6. The van der Waals surface area contributed by atoms with Gasteiger partial charge in [-0.15, -0.1) is 12.4 Å².